The number of piperidine rings is 1. The Labute approximate surface area is 198 Å². The summed E-state index contributed by atoms with van der Waals surface area (Å²) in [5, 5.41) is 13.8. The summed E-state index contributed by atoms with van der Waals surface area (Å²) < 4.78 is 14.9. The lowest BCUT2D eigenvalue weighted by Crippen LogP contribution is -2.35. The average Bonchev–Trinajstić information content (AvgIpc) is 2.85. The number of anilines is 2. The van der Waals surface area contributed by atoms with Gasteiger partial charge in [-0.2, -0.15) is 0 Å². The third-order valence-corrected chi connectivity index (χ3v) is 5.89. The molecule has 174 valence electrons. The second-order valence-electron chi connectivity index (χ2n) is 8.41. The molecule has 1 aliphatic heterocycles. The number of halogens is 1. The monoisotopic (exact) mass is 458 g/mol. The van der Waals surface area contributed by atoms with Gasteiger partial charge in [-0.25, -0.2) is 4.39 Å². The van der Waals surface area contributed by atoms with Gasteiger partial charge in [-0.3, -0.25) is 15.0 Å². The van der Waals surface area contributed by atoms with Crippen LogP contribution >= 0.6 is 0 Å². The number of carbonyl (C=O) groups is 2. The van der Waals surface area contributed by atoms with Gasteiger partial charge >= 0.3 is 0 Å². The molecule has 0 atom stereocenters. The molecule has 0 unspecified atom stereocenters. The van der Waals surface area contributed by atoms with Gasteiger partial charge < -0.3 is 15.5 Å². The Hall–Kier alpha value is -4.00. The Kier molecular flexibility index (Phi) is 7.01. The minimum absolute atomic E-state index is 0.149. The maximum Gasteiger partial charge on any atom is 0.258 e. The summed E-state index contributed by atoms with van der Waals surface area (Å²) in [6.45, 7) is 3.52. The molecule has 0 saturated carbocycles. The summed E-state index contributed by atoms with van der Waals surface area (Å²) in [5.41, 5.74) is 2.54. The van der Waals surface area contributed by atoms with Crippen molar-refractivity contribution in [2.45, 2.75) is 26.2 Å². The van der Waals surface area contributed by atoms with E-state index in [-0.39, 0.29) is 28.6 Å². The molecule has 34 heavy (non-hydrogen) atoms. The molecule has 0 aromatic heterocycles. The number of carbonyl (C=O) groups excluding carboxylic acids is 2. The molecule has 0 aliphatic carbocycles. The van der Waals surface area contributed by atoms with Gasteiger partial charge in [0.1, 0.15) is 11.7 Å². The van der Waals surface area contributed by atoms with E-state index in [0.717, 1.165) is 37.9 Å². The molecule has 1 fully saturated rings. The SMILES string of the molecule is Cc1ccc(NC(=O)c2ccccc2NC(=O)c2ccc(C(=N)N3CCCCC3)cc2F)cc1. The molecule has 6 nitrogen and oxygen atoms in total. The van der Waals surface area contributed by atoms with E-state index in [4.69, 9.17) is 5.41 Å². The fraction of sp³-hybridized carbons (Fsp3) is 0.222. The van der Waals surface area contributed by atoms with Gasteiger partial charge in [0.15, 0.2) is 0 Å². The molecule has 3 aromatic carbocycles. The lowest BCUT2D eigenvalue weighted by atomic mass is 10.1. The van der Waals surface area contributed by atoms with Gasteiger partial charge in [0.2, 0.25) is 0 Å². The standard InChI is InChI=1S/C27H27FN4O2/c1-18-9-12-20(13-10-18)30-27(34)22-7-3-4-8-24(22)31-26(33)21-14-11-19(17-23(21)28)25(29)32-15-5-2-6-16-32/h3-4,7-14,17,29H,2,5-6,15-16H2,1H3,(H,30,34)(H,31,33). The summed E-state index contributed by atoms with van der Waals surface area (Å²) in [7, 11) is 0. The topological polar surface area (TPSA) is 85.3 Å². The first-order chi connectivity index (χ1) is 16.4. The number of nitrogens with one attached hydrogen (secondary N) is 3. The van der Waals surface area contributed by atoms with Crippen molar-refractivity contribution in [1.82, 2.24) is 4.90 Å². The summed E-state index contributed by atoms with van der Waals surface area (Å²) in [5.74, 6) is -1.49. The van der Waals surface area contributed by atoms with Gasteiger partial charge in [0.25, 0.3) is 11.8 Å². The lowest BCUT2D eigenvalue weighted by molar-refractivity contribution is 0.102. The fourth-order valence-electron chi connectivity index (χ4n) is 3.96. The number of rotatable bonds is 5. The van der Waals surface area contributed by atoms with Crippen LogP contribution in [0.2, 0.25) is 0 Å². The van der Waals surface area contributed by atoms with Crippen molar-refractivity contribution in [2.75, 3.05) is 23.7 Å². The Morgan fingerprint density at radius 2 is 1.53 bits per heavy atom. The van der Waals surface area contributed by atoms with Crippen LogP contribution in [0.25, 0.3) is 0 Å². The molecule has 7 heteroatoms. The van der Waals surface area contributed by atoms with Crippen LogP contribution in [0, 0.1) is 18.2 Å². The van der Waals surface area contributed by atoms with Gasteiger partial charge in [0, 0.05) is 24.3 Å². The quantitative estimate of drug-likeness (QED) is 0.351. The second-order valence-corrected chi connectivity index (χ2v) is 8.41. The second kappa shape index (κ2) is 10.3. The molecule has 3 N–H and O–H groups in total. The maximum absolute atomic E-state index is 14.9. The van der Waals surface area contributed by atoms with E-state index in [2.05, 4.69) is 10.6 Å². The third-order valence-electron chi connectivity index (χ3n) is 5.89. The molecule has 4 rings (SSSR count). The minimum Gasteiger partial charge on any atom is -0.357 e. The van der Waals surface area contributed by atoms with Crippen molar-refractivity contribution < 1.29 is 14.0 Å². The van der Waals surface area contributed by atoms with E-state index in [9.17, 15) is 14.0 Å². The highest BCUT2D eigenvalue weighted by Crippen LogP contribution is 2.21. The number of likely N-dealkylation sites (tertiary alicyclic amines) is 1. The molecule has 2 amide bonds. The van der Waals surface area contributed by atoms with E-state index in [1.165, 1.54) is 12.1 Å². The average molecular weight is 459 g/mol. The van der Waals surface area contributed by atoms with Crippen molar-refractivity contribution >= 4 is 29.0 Å². The van der Waals surface area contributed by atoms with Crippen LogP contribution in [0.4, 0.5) is 15.8 Å². The fourth-order valence-corrected chi connectivity index (χ4v) is 3.96. The number of nitrogens with zero attached hydrogens (tertiary/aromatic N) is 1. The largest absolute Gasteiger partial charge is 0.357 e. The first-order valence-corrected chi connectivity index (χ1v) is 11.3. The summed E-state index contributed by atoms with van der Waals surface area (Å²) in [6, 6.07) is 18.2. The maximum atomic E-state index is 14.9. The highest BCUT2D eigenvalue weighted by atomic mass is 19.1. The zero-order chi connectivity index (χ0) is 24.1. The normalized spacial score (nSPS) is 13.3. The predicted octanol–water partition coefficient (Wildman–Crippen LogP) is 5.45. The van der Waals surface area contributed by atoms with E-state index in [1.54, 1.807) is 42.5 Å². The number of hydrogen-bond donors (Lipinski definition) is 3. The van der Waals surface area contributed by atoms with Crippen molar-refractivity contribution in [3.05, 3.63) is 94.8 Å². The molecule has 1 aliphatic rings. The highest BCUT2D eigenvalue weighted by molar-refractivity contribution is 6.12. The molecule has 0 radical (unpaired) electrons. The van der Waals surface area contributed by atoms with E-state index < -0.39 is 11.7 Å². The van der Waals surface area contributed by atoms with Crippen LogP contribution < -0.4 is 10.6 Å². The van der Waals surface area contributed by atoms with Crippen molar-refractivity contribution in [3.63, 3.8) is 0 Å². The van der Waals surface area contributed by atoms with Gasteiger partial charge in [0.05, 0.1) is 16.8 Å². The molecule has 3 aromatic rings. The first-order valence-electron chi connectivity index (χ1n) is 11.3. The van der Waals surface area contributed by atoms with Crippen molar-refractivity contribution in [2.24, 2.45) is 0 Å². The summed E-state index contributed by atoms with van der Waals surface area (Å²) in [4.78, 5) is 27.6. The highest BCUT2D eigenvalue weighted by Gasteiger charge is 2.20. The van der Waals surface area contributed by atoms with Crippen LogP contribution in [0.15, 0.2) is 66.7 Å². The summed E-state index contributed by atoms with van der Waals surface area (Å²) in [6.07, 6.45) is 3.17. The number of hydrogen-bond acceptors (Lipinski definition) is 3. The Morgan fingerprint density at radius 1 is 0.853 bits per heavy atom. The number of aryl methyl sites for hydroxylation is 1. The van der Waals surface area contributed by atoms with E-state index in [0.29, 0.717) is 11.3 Å². The molecular weight excluding hydrogens is 431 g/mol. The molecule has 0 spiro atoms. The van der Waals surface area contributed by atoms with E-state index in [1.807, 2.05) is 24.0 Å². The molecule has 1 saturated heterocycles. The van der Waals surface area contributed by atoms with Crippen LogP contribution in [0.1, 0.15) is 51.1 Å². The van der Waals surface area contributed by atoms with Crippen molar-refractivity contribution in [3.8, 4) is 0 Å². The number of benzene rings is 3. The zero-order valence-corrected chi connectivity index (χ0v) is 19.0. The van der Waals surface area contributed by atoms with Crippen molar-refractivity contribution in [1.29, 1.82) is 5.41 Å². The summed E-state index contributed by atoms with van der Waals surface area (Å²) >= 11 is 0. The number of amides is 2. The lowest BCUT2D eigenvalue weighted by Gasteiger charge is -2.29. The third kappa shape index (κ3) is 5.31. The molecular formula is C27H27FN4O2. The van der Waals surface area contributed by atoms with Gasteiger partial charge in [-0.15, -0.1) is 0 Å². The van der Waals surface area contributed by atoms with Crippen LogP contribution in [0.5, 0.6) is 0 Å². The Bertz CT molecular complexity index is 1220. The predicted molar refractivity (Wildman–Crippen MR) is 132 cm³/mol. The van der Waals surface area contributed by atoms with Gasteiger partial charge in [-0.05, 0) is 62.6 Å². The molecule has 0 bridgehead atoms. The Balaban J connectivity index is 1.49. The van der Waals surface area contributed by atoms with E-state index >= 15 is 0 Å². The van der Waals surface area contributed by atoms with Gasteiger partial charge in [-0.1, -0.05) is 35.9 Å². The number of para-hydroxylation sites is 1. The zero-order valence-electron chi connectivity index (χ0n) is 19.0. The Morgan fingerprint density at radius 3 is 2.24 bits per heavy atom. The van der Waals surface area contributed by atoms with Crippen LogP contribution in [0.3, 0.4) is 0 Å². The van der Waals surface area contributed by atoms with Crippen LogP contribution in [-0.2, 0) is 0 Å². The number of amidine groups is 1. The smallest absolute Gasteiger partial charge is 0.258 e. The molecule has 1 heterocycles. The first kappa shape index (κ1) is 23.2. The minimum atomic E-state index is -0.710. The van der Waals surface area contributed by atoms with Crippen LogP contribution in [-0.4, -0.2) is 35.6 Å².